The first-order chi connectivity index (χ1) is 27.9. The van der Waals surface area contributed by atoms with Crippen LogP contribution in [0.2, 0.25) is 0 Å². The summed E-state index contributed by atoms with van der Waals surface area (Å²) < 4.78 is 57.8. The lowest BCUT2D eigenvalue weighted by Gasteiger charge is -2.32. The van der Waals surface area contributed by atoms with Crippen LogP contribution in [0.1, 0.15) is 222 Å². The topological polar surface area (TPSA) is 116 Å². The van der Waals surface area contributed by atoms with Gasteiger partial charge in [-0.15, -0.1) is 0 Å². The minimum atomic E-state index is -3.58. The Morgan fingerprint density at radius 1 is 0.517 bits per heavy atom. The highest BCUT2D eigenvalue weighted by Gasteiger charge is 2.42. The molecule has 2 unspecified atom stereocenters. The quantitative estimate of drug-likeness (QED) is 0.0365. The summed E-state index contributed by atoms with van der Waals surface area (Å²) in [6.07, 6.45) is 39.2. The summed E-state index contributed by atoms with van der Waals surface area (Å²) in [5, 5.41) is 0. The van der Waals surface area contributed by atoms with E-state index in [4.69, 9.17) is 33.6 Å². The van der Waals surface area contributed by atoms with Crippen LogP contribution in [-0.2, 0) is 38.0 Å². The first-order valence-electron chi connectivity index (χ1n) is 24.2. The van der Waals surface area contributed by atoms with Crippen LogP contribution >= 0.6 is 0 Å². The molecule has 346 valence electrons. The molecule has 0 heterocycles. The zero-order valence-corrected chi connectivity index (χ0v) is 40.1. The van der Waals surface area contributed by atoms with Crippen LogP contribution in [0, 0.1) is 5.92 Å². The van der Waals surface area contributed by atoms with Crippen molar-refractivity contribution in [2.45, 2.75) is 239 Å². The Morgan fingerprint density at radius 2 is 0.879 bits per heavy atom. The fraction of sp³-hybridized carbons (Fsp3) is 0.917. The van der Waals surface area contributed by atoms with Crippen LogP contribution in [0.4, 0.5) is 0 Å². The van der Waals surface area contributed by atoms with Gasteiger partial charge < -0.3 is 23.7 Å². The van der Waals surface area contributed by atoms with E-state index in [1.165, 1.54) is 128 Å². The summed E-state index contributed by atoms with van der Waals surface area (Å²) in [5.74, 6) is -1.79. The fourth-order valence-electron chi connectivity index (χ4n) is 7.53. The number of rotatable bonds is 40. The number of hydrogen-bond acceptors (Lipinski definition) is 9. The SMILES string of the molecule is CCCCCCCCCCCCOS(=O)(=O)C1(C)C=CC=CC1C.CCOC(N)(CCCCCCCCCCCCCCCCC(OCC)(OCC)OCC)OCC. The predicted octanol–water partition coefficient (Wildman–Crippen LogP) is 13.5. The normalized spacial score (nSPS) is 17.2. The number of hydrogen-bond donors (Lipinski definition) is 1. The van der Waals surface area contributed by atoms with E-state index in [0.717, 1.165) is 38.5 Å². The van der Waals surface area contributed by atoms with Gasteiger partial charge in [-0.1, -0.05) is 173 Å². The van der Waals surface area contributed by atoms with Crippen LogP contribution in [0.3, 0.4) is 0 Å². The molecule has 58 heavy (non-hydrogen) atoms. The molecule has 1 aliphatic rings. The molecule has 1 aliphatic carbocycles. The predicted molar refractivity (Wildman–Crippen MR) is 244 cm³/mol. The maximum atomic E-state index is 12.5. The minimum absolute atomic E-state index is 0.0693. The molecule has 0 amide bonds. The number of allylic oxidation sites excluding steroid dienone is 3. The van der Waals surface area contributed by atoms with E-state index in [-0.39, 0.29) is 5.92 Å². The third kappa shape index (κ3) is 27.2. The molecular weight excluding hydrogens is 751 g/mol. The van der Waals surface area contributed by atoms with Crippen LogP contribution < -0.4 is 5.73 Å². The Hall–Kier alpha value is -0.850. The monoisotopic (exact) mass is 846 g/mol. The zero-order valence-electron chi connectivity index (χ0n) is 39.3. The van der Waals surface area contributed by atoms with Gasteiger partial charge in [-0.3, -0.25) is 9.92 Å². The maximum absolute atomic E-state index is 12.5. The van der Waals surface area contributed by atoms with Gasteiger partial charge in [-0.25, -0.2) is 0 Å². The van der Waals surface area contributed by atoms with E-state index in [9.17, 15) is 8.42 Å². The molecule has 1 rings (SSSR count). The lowest BCUT2D eigenvalue weighted by Crippen LogP contribution is -2.45. The molecule has 0 aromatic heterocycles. The lowest BCUT2D eigenvalue weighted by atomic mass is 9.91. The Labute approximate surface area is 359 Å². The van der Waals surface area contributed by atoms with Gasteiger partial charge >= 0.3 is 0 Å². The van der Waals surface area contributed by atoms with Crippen LogP contribution in [0.5, 0.6) is 0 Å². The molecule has 0 spiro atoms. The second-order valence-corrected chi connectivity index (χ2v) is 18.3. The molecule has 0 radical (unpaired) electrons. The summed E-state index contributed by atoms with van der Waals surface area (Å²) in [6.45, 7) is 19.1. The highest BCUT2D eigenvalue weighted by atomic mass is 32.2. The maximum Gasteiger partial charge on any atom is 0.282 e. The molecule has 2 N–H and O–H groups in total. The van der Waals surface area contributed by atoms with Gasteiger partial charge in [-0.05, 0) is 66.7 Å². The van der Waals surface area contributed by atoms with E-state index in [1.807, 2.05) is 53.7 Å². The van der Waals surface area contributed by atoms with Gasteiger partial charge in [-0.2, -0.15) is 8.42 Å². The summed E-state index contributed by atoms with van der Waals surface area (Å²) in [4.78, 5) is 0. The Balaban J connectivity index is 0.00000119. The molecule has 0 aromatic carbocycles. The molecule has 0 aliphatic heterocycles. The molecule has 2 atom stereocenters. The van der Waals surface area contributed by atoms with E-state index < -0.39 is 26.7 Å². The number of nitrogens with two attached hydrogens (primary N) is 1. The second-order valence-electron chi connectivity index (χ2n) is 16.3. The molecule has 0 saturated carbocycles. The van der Waals surface area contributed by atoms with Gasteiger partial charge in [0.2, 0.25) is 5.91 Å². The first-order valence-corrected chi connectivity index (χ1v) is 25.6. The number of ether oxygens (including phenoxy) is 5. The molecule has 0 fully saturated rings. The highest BCUT2D eigenvalue weighted by Crippen LogP contribution is 2.33. The van der Waals surface area contributed by atoms with Gasteiger partial charge in [0.25, 0.3) is 16.1 Å². The van der Waals surface area contributed by atoms with E-state index >= 15 is 0 Å². The third-order valence-corrected chi connectivity index (χ3v) is 13.3. The Bertz CT molecular complexity index is 1060. The van der Waals surface area contributed by atoms with Crippen molar-refractivity contribution in [1.29, 1.82) is 0 Å². The molecule has 0 bridgehead atoms. The van der Waals surface area contributed by atoms with E-state index in [2.05, 4.69) is 6.92 Å². The Kier molecular flexibility index (Phi) is 36.2. The number of unbranched alkanes of at least 4 members (excludes halogenated alkanes) is 22. The largest absolute Gasteiger partial charge is 0.338 e. The first kappa shape index (κ1) is 57.1. The molecule has 0 aromatic rings. The standard InChI is InChI=1S/C28H59NO5.C20H36O3S/c1-6-30-27(29,31-7-2)25-23-21-19-17-15-13-11-12-14-16-18-20-22-24-26-28(32-8-3,33-9-4)34-10-5;1-4-5-6-7-8-9-10-11-12-15-18-23-24(21,22)20(3)17-14-13-16-19(20)2/h6-26,29H2,1-5H3;13-14,16-17,19H,4-12,15,18H2,1-3H3. The molecule has 10 heteroatoms. The molecule has 9 nitrogen and oxygen atoms in total. The van der Waals surface area contributed by atoms with Crippen LogP contribution in [0.25, 0.3) is 0 Å². The minimum Gasteiger partial charge on any atom is -0.338 e. The second kappa shape index (κ2) is 36.8. The van der Waals surface area contributed by atoms with Gasteiger partial charge in [0.1, 0.15) is 4.75 Å². The van der Waals surface area contributed by atoms with Crippen LogP contribution in [0.15, 0.2) is 24.3 Å². The van der Waals surface area contributed by atoms with Crippen molar-refractivity contribution in [3.8, 4) is 0 Å². The van der Waals surface area contributed by atoms with Gasteiger partial charge in [0, 0.05) is 45.9 Å². The van der Waals surface area contributed by atoms with Crippen LogP contribution in [-0.4, -0.2) is 64.7 Å². The van der Waals surface area contributed by atoms with Crippen molar-refractivity contribution in [1.82, 2.24) is 0 Å². The van der Waals surface area contributed by atoms with Crippen molar-refractivity contribution in [2.75, 3.05) is 39.6 Å². The zero-order chi connectivity index (χ0) is 43.3. The summed E-state index contributed by atoms with van der Waals surface area (Å²) >= 11 is 0. The lowest BCUT2D eigenvalue weighted by molar-refractivity contribution is -0.380. The Morgan fingerprint density at radius 3 is 1.26 bits per heavy atom. The van der Waals surface area contributed by atoms with Crippen molar-refractivity contribution < 1.29 is 36.3 Å². The molecular formula is C48H95NO8S. The van der Waals surface area contributed by atoms with Crippen molar-refractivity contribution >= 4 is 10.1 Å². The van der Waals surface area contributed by atoms with Crippen molar-refractivity contribution in [2.24, 2.45) is 11.7 Å². The average Bonchev–Trinajstić information content (AvgIpc) is 3.18. The smallest absolute Gasteiger partial charge is 0.282 e. The highest BCUT2D eigenvalue weighted by molar-refractivity contribution is 7.88. The average molecular weight is 846 g/mol. The fourth-order valence-corrected chi connectivity index (χ4v) is 8.90. The van der Waals surface area contributed by atoms with E-state index in [1.54, 1.807) is 19.1 Å². The summed E-state index contributed by atoms with van der Waals surface area (Å²) in [7, 11) is -3.58. The van der Waals surface area contributed by atoms with E-state index in [0.29, 0.717) is 39.6 Å². The van der Waals surface area contributed by atoms with Crippen molar-refractivity contribution in [3.63, 3.8) is 0 Å². The summed E-state index contributed by atoms with van der Waals surface area (Å²) in [5.41, 5.74) is 6.16. The third-order valence-electron chi connectivity index (χ3n) is 11.2. The van der Waals surface area contributed by atoms with Crippen molar-refractivity contribution in [3.05, 3.63) is 24.3 Å². The molecule has 0 saturated heterocycles. The van der Waals surface area contributed by atoms with Gasteiger partial charge in [0.05, 0.1) is 6.61 Å². The summed E-state index contributed by atoms with van der Waals surface area (Å²) in [6, 6.07) is 0. The van der Waals surface area contributed by atoms with Gasteiger partial charge in [0.15, 0.2) is 0 Å².